The summed E-state index contributed by atoms with van der Waals surface area (Å²) in [6.45, 7) is 8.42. The second kappa shape index (κ2) is 5.87. The summed E-state index contributed by atoms with van der Waals surface area (Å²) >= 11 is 5.23. The van der Waals surface area contributed by atoms with Gasteiger partial charge < -0.3 is 5.73 Å². The van der Waals surface area contributed by atoms with Gasteiger partial charge in [-0.15, -0.1) is 0 Å². The van der Waals surface area contributed by atoms with Crippen molar-refractivity contribution in [3.63, 3.8) is 0 Å². The third-order valence-electron chi connectivity index (χ3n) is 4.26. The predicted molar refractivity (Wildman–Crippen MR) is 87.4 cm³/mol. The van der Waals surface area contributed by atoms with Gasteiger partial charge in [-0.2, -0.15) is 0 Å². The van der Waals surface area contributed by atoms with Crippen molar-refractivity contribution in [2.24, 2.45) is 11.7 Å². The molecule has 0 aromatic heterocycles. The molecule has 1 nitrogen and oxygen atoms in total. The smallest absolute Gasteiger partial charge is 0.104 e. The van der Waals surface area contributed by atoms with Gasteiger partial charge in [0.25, 0.3) is 0 Å². The maximum atomic E-state index is 5.91. The van der Waals surface area contributed by atoms with E-state index in [1.54, 1.807) is 0 Å². The Morgan fingerprint density at radius 3 is 2.53 bits per heavy atom. The Labute approximate surface area is 121 Å². The van der Waals surface area contributed by atoms with E-state index in [4.69, 9.17) is 18.0 Å². The van der Waals surface area contributed by atoms with Crippen LogP contribution >= 0.6 is 12.2 Å². The average molecular weight is 273 g/mol. The van der Waals surface area contributed by atoms with Crippen LogP contribution in [0.4, 0.5) is 0 Å². The Balaban J connectivity index is 2.39. The summed E-state index contributed by atoms with van der Waals surface area (Å²) in [7, 11) is 0. The lowest BCUT2D eigenvalue weighted by Crippen LogP contribution is -2.19. The van der Waals surface area contributed by atoms with Gasteiger partial charge in [0.15, 0.2) is 0 Å². The van der Waals surface area contributed by atoms with Crippen molar-refractivity contribution in [3.8, 4) is 0 Å². The highest BCUT2D eigenvalue weighted by Gasteiger charge is 2.20. The molecule has 19 heavy (non-hydrogen) atoms. The van der Waals surface area contributed by atoms with Crippen LogP contribution in [0.1, 0.15) is 54.9 Å². The van der Waals surface area contributed by atoms with E-state index in [-0.39, 0.29) is 0 Å². The summed E-state index contributed by atoms with van der Waals surface area (Å²) in [5.74, 6) is 0.827. The first-order chi connectivity index (χ1) is 9.02. The SMILES string of the molecule is C=C(CC)c1cc(C(N)=S)c(CC2CCC2)cc1C. The lowest BCUT2D eigenvalue weighted by Gasteiger charge is -2.27. The molecule has 0 atom stereocenters. The number of benzene rings is 1. The molecule has 0 radical (unpaired) electrons. The number of hydrogen-bond acceptors (Lipinski definition) is 1. The molecule has 1 aromatic carbocycles. The van der Waals surface area contributed by atoms with Crippen LogP contribution in [0.3, 0.4) is 0 Å². The van der Waals surface area contributed by atoms with Gasteiger partial charge in [0.2, 0.25) is 0 Å². The zero-order chi connectivity index (χ0) is 14.0. The van der Waals surface area contributed by atoms with Gasteiger partial charge in [-0.1, -0.05) is 51.0 Å². The molecule has 0 bridgehead atoms. The molecule has 1 fully saturated rings. The van der Waals surface area contributed by atoms with Gasteiger partial charge in [-0.3, -0.25) is 0 Å². The standard InChI is InChI=1S/C17H23NS/c1-4-11(2)15-10-16(17(18)19)14(8-12(15)3)9-13-6-5-7-13/h8,10,13H,2,4-7,9H2,1,3H3,(H2,18,19). The van der Waals surface area contributed by atoms with E-state index in [2.05, 4.69) is 32.6 Å². The van der Waals surface area contributed by atoms with Crippen molar-refractivity contribution < 1.29 is 0 Å². The maximum absolute atomic E-state index is 5.91. The van der Waals surface area contributed by atoms with Gasteiger partial charge in [0.1, 0.15) is 4.99 Å². The highest BCUT2D eigenvalue weighted by Crippen LogP contribution is 2.32. The van der Waals surface area contributed by atoms with Crippen molar-refractivity contribution in [1.82, 2.24) is 0 Å². The fraction of sp³-hybridized carbons (Fsp3) is 0.471. The summed E-state index contributed by atoms with van der Waals surface area (Å²) < 4.78 is 0. The maximum Gasteiger partial charge on any atom is 0.104 e. The molecule has 2 heteroatoms. The van der Waals surface area contributed by atoms with Crippen LogP contribution in [0, 0.1) is 12.8 Å². The molecule has 2 N–H and O–H groups in total. The highest BCUT2D eigenvalue weighted by atomic mass is 32.1. The lowest BCUT2D eigenvalue weighted by molar-refractivity contribution is 0.314. The lowest BCUT2D eigenvalue weighted by atomic mass is 9.79. The second-order valence-electron chi connectivity index (χ2n) is 5.65. The first-order valence-corrected chi connectivity index (χ1v) is 7.55. The van der Waals surface area contributed by atoms with Gasteiger partial charge >= 0.3 is 0 Å². The minimum absolute atomic E-state index is 0.513. The van der Waals surface area contributed by atoms with E-state index in [0.717, 1.165) is 29.9 Å². The first kappa shape index (κ1) is 14.3. The van der Waals surface area contributed by atoms with Crippen LogP contribution in [0.15, 0.2) is 18.7 Å². The third kappa shape index (κ3) is 3.06. The van der Waals surface area contributed by atoms with Crippen LogP contribution in [0.2, 0.25) is 0 Å². The summed E-state index contributed by atoms with van der Waals surface area (Å²) in [4.78, 5) is 0.513. The van der Waals surface area contributed by atoms with Crippen molar-refractivity contribution in [2.45, 2.75) is 46.0 Å². The van der Waals surface area contributed by atoms with E-state index in [9.17, 15) is 0 Å². The van der Waals surface area contributed by atoms with E-state index in [1.807, 2.05) is 0 Å². The normalized spacial score (nSPS) is 15.1. The fourth-order valence-corrected chi connectivity index (χ4v) is 2.94. The zero-order valence-electron chi connectivity index (χ0n) is 12.0. The molecule has 0 amide bonds. The molecule has 1 aromatic rings. The van der Waals surface area contributed by atoms with Gasteiger partial charge in [-0.25, -0.2) is 0 Å². The average Bonchev–Trinajstić information content (AvgIpc) is 2.32. The molecule has 0 saturated heterocycles. The van der Waals surface area contributed by atoms with Crippen LogP contribution in [0.25, 0.3) is 5.57 Å². The van der Waals surface area contributed by atoms with E-state index >= 15 is 0 Å². The first-order valence-electron chi connectivity index (χ1n) is 7.14. The number of rotatable bonds is 5. The Kier molecular flexibility index (Phi) is 4.41. The Morgan fingerprint density at radius 2 is 2.05 bits per heavy atom. The highest BCUT2D eigenvalue weighted by molar-refractivity contribution is 7.80. The van der Waals surface area contributed by atoms with Crippen molar-refractivity contribution in [3.05, 3.63) is 41.0 Å². The Morgan fingerprint density at radius 1 is 1.37 bits per heavy atom. The third-order valence-corrected chi connectivity index (χ3v) is 4.48. The number of nitrogens with two attached hydrogens (primary N) is 1. The number of aryl methyl sites for hydroxylation is 1. The van der Waals surface area contributed by atoms with Gasteiger partial charge in [0, 0.05) is 5.56 Å². The second-order valence-corrected chi connectivity index (χ2v) is 6.09. The fourth-order valence-electron chi connectivity index (χ4n) is 2.75. The van der Waals surface area contributed by atoms with Crippen molar-refractivity contribution in [2.75, 3.05) is 0 Å². The zero-order valence-corrected chi connectivity index (χ0v) is 12.8. The van der Waals surface area contributed by atoms with E-state index < -0.39 is 0 Å². The van der Waals surface area contributed by atoms with Crippen LogP contribution in [-0.4, -0.2) is 4.99 Å². The van der Waals surface area contributed by atoms with Gasteiger partial charge in [0.05, 0.1) is 0 Å². The molecule has 0 heterocycles. The van der Waals surface area contributed by atoms with Gasteiger partial charge in [-0.05, 0) is 54.0 Å². The summed E-state index contributed by atoms with van der Waals surface area (Å²) in [6.07, 6.45) is 6.14. The van der Waals surface area contributed by atoms with Crippen LogP contribution < -0.4 is 5.73 Å². The predicted octanol–water partition coefficient (Wildman–Crippen LogP) is 4.40. The van der Waals surface area contributed by atoms with E-state index in [0.29, 0.717) is 4.99 Å². The minimum Gasteiger partial charge on any atom is -0.389 e. The molecule has 102 valence electrons. The molecule has 0 spiro atoms. The molecule has 1 aliphatic carbocycles. The molecule has 1 aliphatic rings. The molecular formula is C17H23NS. The number of allylic oxidation sites excluding steroid dienone is 1. The number of hydrogen-bond donors (Lipinski definition) is 1. The summed E-state index contributed by atoms with van der Waals surface area (Å²) in [5, 5.41) is 0. The Bertz CT molecular complexity index is 512. The quantitative estimate of drug-likeness (QED) is 0.805. The molecule has 0 unspecified atom stereocenters. The van der Waals surface area contributed by atoms with E-state index in [1.165, 1.54) is 36.0 Å². The van der Waals surface area contributed by atoms with Crippen LogP contribution in [0.5, 0.6) is 0 Å². The molecular weight excluding hydrogens is 250 g/mol. The monoisotopic (exact) mass is 273 g/mol. The van der Waals surface area contributed by atoms with Crippen LogP contribution in [-0.2, 0) is 6.42 Å². The number of thiocarbonyl (C=S) groups is 1. The molecule has 1 saturated carbocycles. The minimum atomic E-state index is 0.513. The summed E-state index contributed by atoms with van der Waals surface area (Å²) in [5.41, 5.74) is 11.9. The Hall–Kier alpha value is -1.15. The largest absolute Gasteiger partial charge is 0.389 e. The van der Waals surface area contributed by atoms with Crippen molar-refractivity contribution >= 4 is 22.8 Å². The summed E-state index contributed by atoms with van der Waals surface area (Å²) in [6, 6.07) is 4.42. The topological polar surface area (TPSA) is 26.0 Å². The molecule has 2 rings (SSSR count). The molecule has 0 aliphatic heterocycles. The van der Waals surface area contributed by atoms with Crippen molar-refractivity contribution in [1.29, 1.82) is 0 Å².